The number of aryl methyl sites for hydroxylation is 2. The maximum Gasteiger partial charge on any atom is 0.222 e. The van der Waals surface area contributed by atoms with Crippen molar-refractivity contribution in [3.8, 4) is 5.75 Å². The first-order valence-corrected chi connectivity index (χ1v) is 8.53. The molecule has 1 saturated heterocycles. The fraction of sp³-hybridized carbons (Fsp3) is 0.474. The monoisotopic (exact) mass is 327 g/mol. The highest BCUT2D eigenvalue weighted by Gasteiger charge is 2.26. The highest BCUT2D eigenvalue weighted by atomic mass is 16.5. The van der Waals surface area contributed by atoms with Crippen molar-refractivity contribution in [3.63, 3.8) is 0 Å². The van der Waals surface area contributed by atoms with Crippen LogP contribution in [0.25, 0.3) is 0 Å². The lowest BCUT2D eigenvalue weighted by molar-refractivity contribution is -0.130. The van der Waals surface area contributed by atoms with Gasteiger partial charge in [-0.05, 0) is 48.9 Å². The minimum Gasteiger partial charge on any atom is -0.497 e. The van der Waals surface area contributed by atoms with Crippen molar-refractivity contribution in [2.45, 2.75) is 25.7 Å². The van der Waals surface area contributed by atoms with E-state index in [0.29, 0.717) is 12.3 Å². The molecule has 0 spiro atoms. The molecule has 0 N–H and O–H groups in total. The number of hydrogen-bond donors (Lipinski definition) is 0. The van der Waals surface area contributed by atoms with Crippen LogP contribution in [0.3, 0.4) is 0 Å². The summed E-state index contributed by atoms with van der Waals surface area (Å²) in [4.78, 5) is 14.4. The van der Waals surface area contributed by atoms with Gasteiger partial charge in [-0.3, -0.25) is 9.48 Å². The molecule has 5 heteroatoms. The largest absolute Gasteiger partial charge is 0.497 e. The Hall–Kier alpha value is -2.30. The minimum atomic E-state index is 0.258. The summed E-state index contributed by atoms with van der Waals surface area (Å²) in [5, 5.41) is 4.15. The van der Waals surface area contributed by atoms with Crippen LogP contribution in [0.5, 0.6) is 5.75 Å². The first-order chi connectivity index (χ1) is 11.7. The lowest BCUT2D eigenvalue weighted by Crippen LogP contribution is -2.29. The number of carbonyl (C=O) groups is 1. The molecule has 1 amide bonds. The average molecular weight is 327 g/mol. The fourth-order valence-electron chi connectivity index (χ4n) is 3.36. The second-order valence-corrected chi connectivity index (χ2v) is 6.49. The number of ether oxygens (including phenoxy) is 1. The molecule has 2 aromatic rings. The van der Waals surface area contributed by atoms with E-state index < -0.39 is 0 Å². The quantitative estimate of drug-likeness (QED) is 0.819. The van der Waals surface area contributed by atoms with Crippen molar-refractivity contribution < 1.29 is 9.53 Å². The average Bonchev–Trinajstić information content (AvgIpc) is 3.22. The van der Waals surface area contributed by atoms with Crippen LogP contribution in [0, 0.1) is 5.92 Å². The lowest BCUT2D eigenvalue weighted by atomic mass is 9.99. The van der Waals surface area contributed by atoms with Crippen LogP contribution in [0.2, 0.25) is 0 Å². The van der Waals surface area contributed by atoms with Crippen molar-refractivity contribution >= 4 is 5.91 Å². The molecule has 0 aliphatic carbocycles. The summed E-state index contributed by atoms with van der Waals surface area (Å²) >= 11 is 0. The molecule has 1 aliphatic heterocycles. The number of carbonyl (C=O) groups excluding carboxylic acids is 1. The Morgan fingerprint density at radius 2 is 2.08 bits per heavy atom. The summed E-state index contributed by atoms with van der Waals surface area (Å²) in [6.45, 7) is 1.75. The zero-order valence-corrected chi connectivity index (χ0v) is 14.4. The van der Waals surface area contributed by atoms with E-state index in [2.05, 4.69) is 17.2 Å². The first-order valence-electron chi connectivity index (χ1n) is 8.53. The van der Waals surface area contributed by atoms with E-state index in [1.54, 1.807) is 13.3 Å². The molecule has 5 nitrogen and oxygen atoms in total. The molecule has 1 unspecified atom stereocenters. The van der Waals surface area contributed by atoms with Crippen LogP contribution in [0.15, 0.2) is 36.5 Å². The molecule has 0 bridgehead atoms. The van der Waals surface area contributed by atoms with E-state index in [-0.39, 0.29) is 5.91 Å². The van der Waals surface area contributed by atoms with Crippen molar-refractivity contribution in [3.05, 3.63) is 47.8 Å². The molecule has 1 atom stereocenters. The van der Waals surface area contributed by atoms with Crippen LogP contribution in [-0.2, 0) is 24.7 Å². The number of aromatic nitrogens is 2. The van der Waals surface area contributed by atoms with Crippen LogP contribution < -0.4 is 4.74 Å². The molecule has 0 saturated carbocycles. The Morgan fingerprint density at radius 1 is 1.29 bits per heavy atom. The molecule has 3 rings (SSSR count). The van der Waals surface area contributed by atoms with E-state index in [1.165, 1.54) is 5.56 Å². The second kappa shape index (κ2) is 7.51. The van der Waals surface area contributed by atoms with Crippen molar-refractivity contribution in [1.29, 1.82) is 0 Å². The minimum absolute atomic E-state index is 0.258. The second-order valence-electron chi connectivity index (χ2n) is 6.49. The van der Waals surface area contributed by atoms with Crippen LogP contribution in [-0.4, -0.2) is 40.8 Å². The molecule has 1 aromatic heterocycles. The maximum absolute atomic E-state index is 12.4. The summed E-state index contributed by atoms with van der Waals surface area (Å²) in [6, 6.07) is 10.2. The van der Waals surface area contributed by atoms with Gasteiger partial charge in [0, 0.05) is 38.4 Å². The van der Waals surface area contributed by atoms with Gasteiger partial charge in [0.25, 0.3) is 0 Å². The summed E-state index contributed by atoms with van der Waals surface area (Å²) in [7, 11) is 3.60. The highest BCUT2D eigenvalue weighted by molar-refractivity contribution is 5.76. The summed E-state index contributed by atoms with van der Waals surface area (Å²) in [5.74, 6) is 1.70. The molecule has 1 aliphatic rings. The Bertz CT molecular complexity index is 678. The standard InChI is InChI=1S/C19H25N3O2/c1-21-17(9-11-20-21)5-8-19(23)22-12-10-16(14-22)13-15-3-6-18(24-2)7-4-15/h3-4,6-7,9,11,16H,5,8,10,12-14H2,1-2H3. The van der Waals surface area contributed by atoms with Crippen LogP contribution >= 0.6 is 0 Å². The van der Waals surface area contributed by atoms with Crippen LogP contribution in [0.1, 0.15) is 24.1 Å². The number of rotatable bonds is 6. The Labute approximate surface area is 143 Å². The smallest absolute Gasteiger partial charge is 0.222 e. The van der Waals surface area contributed by atoms with Gasteiger partial charge in [-0.2, -0.15) is 5.10 Å². The Balaban J connectivity index is 1.47. The molecular weight excluding hydrogens is 302 g/mol. The van der Waals surface area contributed by atoms with Gasteiger partial charge in [0.2, 0.25) is 5.91 Å². The third kappa shape index (κ3) is 3.96. The molecular formula is C19H25N3O2. The predicted octanol–water partition coefficient (Wildman–Crippen LogP) is 2.45. The first kappa shape index (κ1) is 16.6. The molecule has 128 valence electrons. The van der Waals surface area contributed by atoms with Gasteiger partial charge < -0.3 is 9.64 Å². The Kier molecular flexibility index (Phi) is 5.18. The third-order valence-corrected chi connectivity index (χ3v) is 4.84. The SMILES string of the molecule is COc1ccc(CC2CCN(C(=O)CCc3ccnn3C)C2)cc1. The van der Waals surface area contributed by atoms with Gasteiger partial charge >= 0.3 is 0 Å². The van der Waals surface area contributed by atoms with Gasteiger partial charge in [0.05, 0.1) is 7.11 Å². The van der Waals surface area contributed by atoms with Gasteiger partial charge in [0.15, 0.2) is 0 Å². The number of amides is 1. The van der Waals surface area contributed by atoms with E-state index in [9.17, 15) is 4.79 Å². The lowest BCUT2D eigenvalue weighted by Gasteiger charge is -2.17. The summed E-state index contributed by atoms with van der Waals surface area (Å²) in [5.41, 5.74) is 2.42. The molecule has 2 heterocycles. The zero-order chi connectivity index (χ0) is 16.9. The highest BCUT2D eigenvalue weighted by Crippen LogP contribution is 2.23. The number of benzene rings is 1. The van der Waals surface area contributed by atoms with Crippen LogP contribution in [0.4, 0.5) is 0 Å². The van der Waals surface area contributed by atoms with Gasteiger partial charge in [-0.25, -0.2) is 0 Å². The Morgan fingerprint density at radius 3 is 2.75 bits per heavy atom. The van der Waals surface area contributed by atoms with Crippen molar-refractivity contribution in [2.75, 3.05) is 20.2 Å². The van der Waals surface area contributed by atoms with Crippen molar-refractivity contribution in [2.24, 2.45) is 13.0 Å². The van der Waals surface area contributed by atoms with Gasteiger partial charge in [-0.1, -0.05) is 12.1 Å². The third-order valence-electron chi connectivity index (χ3n) is 4.84. The van der Waals surface area contributed by atoms with E-state index in [1.807, 2.05) is 34.8 Å². The maximum atomic E-state index is 12.4. The van der Waals surface area contributed by atoms with Gasteiger partial charge in [0.1, 0.15) is 5.75 Å². The summed E-state index contributed by atoms with van der Waals surface area (Å²) in [6.07, 6.45) is 5.21. The van der Waals surface area contributed by atoms with E-state index in [4.69, 9.17) is 4.74 Å². The number of methoxy groups -OCH3 is 1. The zero-order valence-electron chi connectivity index (χ0n) is 14.4. The molecule has 0 radical (unpaired) electrons. The molecule has 1 fully saturated rings. The number of hydrogen-bond acceptors (Lipinski definition) is 3. The van der Waals surface area contributed by atoms with E-state index >= 15 is 0 Å². The van der Waals surface area contributed by atoms with Gasteiger partial charge in [-0.15, -0.1) is 0 Å². The molecule has 1 aromatic carbocycles. The fourth-order valence-corrected chi connectivity index (χ4v) is 3.36. The number of nitrogens with zero attached hydrogens (tertiary/aromatic N) is 3. The van der Waals surface area contributed by atoms with E-state index in [0.717, 1.165) is 43.8 Å². The number of likely N-dealkylation sites (tertiary alicyclic amines) is 1. The normalized spacial score (nSPS) is 17.2. The summed E-state index contributed by atoms with van der Waals surface area (Å²) < 4.78 is 7.03. The molecule has 24 heavy (non-hydrogen) atoms. The van der Waals surface area contributed by atoms with Crippen molar-refractivity contribution in [1.82, 2.24) is 14.7 Å². The predicted molar refractivity (Wildman–Crippen MR) is 92.9 cm³/mol. The topological polar surface area (TPSA) is 47.4 Å².